The zero-order chi connectivity index (χ0) is 48.1. The van der Waals surface area contributed by atoms with E-state index in [1.807, 2.05) is 72.8 Å². The zero-order valence-electron chi connectivity index (χ0n) is 40.3. The second-order valence-electron chi connectivity index (χ2n) is 19.4. The van der Waals surface area contributed by atoms with Crippen molar-refractivity contribution in [3.8, 4) is 16.9 Å². The number of aromatic hydroxyl groups is 1. The number of fused-ring (bicyclic) bond motifs is 1. The molecule has 14 heteroatoms. The molecule has 67 heavy (non-hydrogen) atoms. The molecule has 3 amide bonds. The first-order valence-corrected chi connectivity index (χ1v) is 26.6. The van der Waals surface area contributed by atoms with Gasteiger partial charge in [-0.1, -0.05) is 99.6 Å². The summed E-state index contributed by atoms with van der Waals surface area (Å²) in [5.41, 5.74) is 5.73. The number of aromatic amines is 1. The molecule has 0 unspecified atom stereocenters. The fraction of sp³-hybridized carbons (Fsp3) is 0.434. The molecule has 2 atom stereocenters. The summed E-state index contributed by atoms with van der Waals surface area (Å²) in [6, 6.07) is 32.5. The number of anilines is 1. The first-order chi connectivity index (χ1) is 32.0. The average molecular weight is 931 g/mol. The van der Waals surface area contributed by atoms with Crippen LogP contribution in [0.25, 0.3) is 22.0 Å². The van der Waals surface area contributed by atoms with Crippen LogP contribution < -0.4 is 21.5 Å². The maximum absolute atomic E-state index is 13.0. The van der Waals surface area contributed by atoms with Crippen LogP contribution in [0.15, 0.2) is 108 Å². The van der Waals surface area contributed by atoms with Gasteiger partial charge in [0, 0.05) is 75.8 Å². The van der Waals surface area contributed by atoms with Crippen LogP contribution in [0.5, 0.6) is 5.75 Å². The molecule has 1 fully saturated rings. The summed E-state index contributed by atoms with van der Waals surface area (Å²) < 4.78 is 12.8. The monoisotopic (exact) mass is 931 g/mol. The molecule has 4 aromatic carbocycles. The van der Waals surface area contributed by atoms with Gasteiger partial charge in [0.05, 0.1) is 23.7 Å². The van der Waals surface area contributed by atoms with Crippen LogP contribution in [0, 0.1) is 0 Å². The molecule has 0 bridgehead atoms. The van der Waals surface area contributed by atoms with E-state index >= 15 is 0 Å². The van der Waals surface area contributed by atoms with E-state index in [9.17, 15) is 24.3 Å². The first-order valence-electron chi connectivity index (χ1n) is 23.6. The van der Waals surface area contributed by atoms with Crippen LogP contribution in [0.3, 0.4) is 0 Å². The number of likely N-dealkylation sites (tertiary alicyclic amines) is 1. The number of phenols is 1. The van der Waals surface area contributed by atoms with Gasteiger partial charge in [0.1, 0.15) is 11.9 Å². The molecule has 0 spiro atoms. The Morgan fingerprint density at radius 2 is 1.64 bits per heavy atom. The number of nitrogens with one attached hydrogen (secondary N) is 4. The van der Waals surface area contributed by atoms with E-state index in [-0.39, 0.29) is 52.8 Å². The van der Waals surface area contributed by atoms with E-state index in [4.69, 9.17) is 9.16 Å². The summed E-state index contributed by atoms with van der Waals surface area (Å²) in [5, 5.41) is 20.9. The summed E-state index contributed by atoms with van der Waals surface area (Å²) >= 11 is 0. The maximum atomic E-state index is 13.0. The summed E-state index contributed by atoms with van der Waals surface area (Å²) in [5.74, 6) is 0.0195. The van der Waals surface area contributed by atoms with Gasteiger partial charge in [-0.05, 0) is 91.2 Å². The number of amides is 3. The van der Waals surface area contributed by atoms with Gasteiger partial charge in [0.25, 0.3) is 0 Å². The molecular weight excluding hydrogens is 861 g/mol. The highest BCUT2D eigenvalue weighted by Gasteiger charge is 2.40. The predicted molar refractivity (Wildman–Crippen MR) is 270 cm³/mol. The van der Waals surface area contributed by atoms with Gasteiger partial charge in [-0.25, -0.2) is 4.79 Å². The number of H-pyrrole nitrogens is 1. The van der Waals surface area contributed by atoms with Crippen LogP contribution in [0.1, 0.15) is 76.2 Å². The highest BCUT2D eigenvalue weighted by Crippen LogP contribution is 2.41. The number of rotatable bonds is 20. The second-order valence-corrected chi connectivity index (χ2v) is 24.2. The minimum Gasteiger partial charge on any atom is -0.506 e. The van der Waals surface area contributed by atoms with Crippen LogP contribution in [0.4, 0.5) is 10.5 Å². The van der Waals surface area contributed by atoms with Crippen molar-refractivity contribution >= 4 is 42.8 Å². The first kappa shape index (κ1) is 50.6. The number of benzene rings is 4. The van der Waals surface area contributed by atoms with E-state index in [1.54, 1.807) is 24.1 Å². The Morgan fingerprint density at radius 3 is 2.39 bits per heavy atom. The van der Waals surface area contributed by atoms with Crippen LogP contribution in [-0.2, 0) is 31.6 Å². The van der Waals surface area contributed by atoms with Crippen molar-refractivity contribution < 1.29 is 28.7 Å². The second kappa shape index (κ2) is 23.3. The average Bonchev–Trinajstić information content (AvgIpc) is 3.29. The van der Waals surface area contributed by atoms with E-state index < -0.39 is 14.4 Å². The van der Waals surface area contributed by atoms with E-state index in [2.05, 4.69) is 78.8 Å². The lowest BCUT2D eigenvalue weighted by atomic mass is 10.0. The lowest BCUT2D eigenvalue weighted by molar-refractivity contribution is -0.130. The molecule has 1 aliphatic heterocycles. The lowest BCUT2D eigenvalue weighted by Gasteiger charge is -2.40. The number of nitrogens with zero attached hydrogens (tertiary/aromatic N) is 2. The topological polar surface area (TPSA) is 165 Å². The minimum atomic E-state index is -2.23. The number of phenolic OH excluding ortho intramolecular Hbond substituents is 1. The number of piperidine rings is 1. The fourth-order valence-corrected chi connectivity index (χ4v) is 9.53. The van der Waals surface area contributed by atoms with Gasteiger partial charge in [-0.15, -0.1) is 0 Å². The largest absolute Gasteiger partial charge is 0.506 e. The summed E-state index contributed by atoms with van der Waals surface area (Å²) in [4.78, 5) is 57.7. The molecule has 0 radical (unpaired) electrons. The summed E-state index contributed by atoms with van der Waals surface area (Å²) in [7, 11) is -0.423. The molecule has 1 aromatic heterocycles. The SMILES string of the molecule is C[C@@H](Cc1cccc(CC(=O)NCCCN(C)C(=O)CCN2CCC(OC(=O)Nc3ccccc3-c3ccccc3)CC2)c1)NC[C@@H](O[Si](C)(C)C(C)(C)C)c1ccc(O)c2[nH]c(=O)ccc12. The number of pyridine rings is 1. The zero-order valence-corrected chi connectivity index (χ0v) is 41.3. The third-order valence-corrected chi connectivity index (χ3v) is 17.6. The smallest absolute Gasteiger partial charge is 0.411 e. The number of aromatic nitrogens is 1. The quantitative estimate of drug-likeness (QED) is 0.0379. The van der Waals surface area contributed by atoms with Gasteiger partial charge >= 0.3 is 6.09 Å². The molecule has 358 valence electrons. The van der Waals surface area contributed by atoms with Crippen molar-refractivity contribution in [3.63, 3.8) is 0 Å². The van der Waals surface area contributed by atoms with Crippen LogP contribution >= 0.6 is 0 Å². The third-order valence-electron chi connectivity index (χ3n) is 13.2. The predicted octanol–water partition coefficient (Wildman–Crippen LogP) is 8.79. The molecule has 2 heterocycles. The van der Waals surface area contributed by atoms with E-state index in [0.29, 0.717) is 63.1 Å². The molecule has 0 saturated carbocycles. The Labute approximate surface area is 396 Å². The summed E-state index contributed by atoms with van der Waals surface area (Å²) in [6.45, 7) is 16.9. The Balaban J connectivity index is 0.882. The lowest BCUT2D eigenvalue weighted by Crippen LogP contribution is -2.44. The third kappa shape index (κ3) is 14.6. The molecular formula is C53H70N6O7Si. The molecule has 13 nitrogen and oxygen atoms in total. The van der Waals surface area contributed by atoms with Crippen molar-refractivity contribution in [3.05, 3.63) is 130 Å². The van der Waals surface area contributed by atoms with E-state index in [1.165, 1.54) is 6.07 Å². The van der Waals surface area contributed by atoms with Crippen molar-refractivity contribution in [1.82, 2.24) is 25.4 Å². The molecule has 1 saturated heterocycles. The van der Waals surface area contributed by atoms with Gasteiger partial charge in [0.15, 0.2) is 8.32 Å². The standard InChI is InChI=1S/C53H70N6O7Si/c1-37(55-36-47(66-67(6,7)53(2,3)4)43-21-23-46(60)51-44(43)22-24-48(61)57-51)33-38-15-13-16-39(34-38)35-49(62)54-28-14-29-58(5)50(63)27-32-59-30-25-41(26-31-59)65-52(64)56-45-20-12-11-19-42(45)40-17-9-8-10-18-40/h8-13,15-24,34,37,41,47,55,60H,14,25-33,35-36H2,1-7H3,(H,54,62)(H,56,64)(H,57,61)/t37-,47+/m0/s1. The van der Waals surface area contributed by atoms with Crippen molar-refractivity contribution in [2.24, 2.45) is 0 Å². The van der Waals surface area contributed by atoms with Gasteiger partial charge in [0.2, 0.25) is 17.4 Å². The number of carbonyl (C=O) groups is 3. The van der Waals surface area contributed by atoms with Gasteiger partial charge in [-0.2, -0.15) is 0 Å². The fourth-order valence-electron chi connectivity index (χ4n) is 8.25. The molecule has 5 N–H and O–H groups in total. The Kier molecular flexibility index (Phi) is 17.6. The van der Waals surface area contributed by atoms with E-state index in [0.717, 1.165) is 52.7 Å². The number of ether oxygens (including phenoxy) is 1. The number of carbonyl (C=O) groups excluding carboxylic acids is 3. The highest BCUT2D eigenvalue weighted by molar-refractivity contribution is 6.74. The Hall–Kier alpha value is -5.80. The minimum absolute atomic E-state index is 0.0204. The molecule has 6 rings (SSSR count). The molecule has 1 aliphatic rings. The van der Waals surface area contributed by atoms with Gasteiger partial charge < -0.3 is 39.7 Å². The Morgan fingerprint density at radius 1 is 0.925 bits per heavy atom. The molecule has 5 aromatic rings. The van der Waals surface area contributed by atoms with Crippen LogP contribution in [-0.4, -0.2) is 105 Å². The number of hydrogen-bond donors (Lipinski definition) is 5. The number of hydrogen-bond acceptors (Lipinski definition) is 9. The highest BCUT2D eigenvalue weighted by atomic mass is 28.4. The van der Waals surface area contributed by atoms with Gasteiger partial charge in [-0.3, -0.25) is 19.7 Å². The van der Waals surface area contributed by atoms with Crippen molar-refractivity contribution in [2.75, 3.05) is 51.6 Å². The molecule has 0 aliphatic carbocycles. The van der Waals surface area contributed by atoms with Crippen LogP contribution in [0.2, 0.25) is 18.1 Å². The van der Waals surface area contributed by atoms with Crippen molar-refractivity contribution in [1.29, 1.82) is 0 Å². The number of para-hydroxylation sites is 1. The summed E-state index contributed by atoms with van der Waals surface area (Å²) in [6.07, 6.45) is 2.50. The maximum Gasteiger partial charge on any atom is 0.411 e. The Bertz CT molecular complexity index is 2500. The van der Waals surface area contributed by atoms with Crippen molar-refractivity contribution in [2.45, 2.75) is 103 Å². The normalized spacial score (nSPS) is 14.6.